The van der Waals surface area contributed by atoms with Crippen molar-refractivity contribution in [1.82, 2.24) is 10.3 Å². The number of rotatable bonds is 5. The maximum Gasteiger partial charge on any atom is 0.128 e. The Hall–Kier alpha value is -0.740. The number of thioether (sulfide) groups is 1. The van der Waals surface area contributed by atoms with Crippen molar-refractivity contribution in [2.45, 2.75) is 25.9 Å². The highest BCUT2D eigenvalue weighted by Crippen LogP contribution is 2.24. The zero-order valence-corrected chi connectivity index (χ0v) is 11.5. The summed E-state index contributed by atoms with van der Waals surface area (Å²) in [6.07, 6.45) is 3.20. The summed E-state index contributed by atoms with van der Waals surface area (Å²) in [7, 11) is 2.16. The lowest BCUT2D eigenvalue weighted by Crippen LogP contribution is -2.32. The third-order valence-corrected chi connectivity index (χ3v) is 4.35. The molecule has 17 heavy (non-hydrogen) atoms. The van der Waals surface area contributed by atoms with Crippen LogP contribution < -0.4 is 10.2 Å². The SMILES string of the molecule is CCNCc1ccnc(N(C)C2CCSC2)c1. The predicted molar refractivity (Wildman–Crippen MR) is 75.8 cm³/mol. The Morgan fingerprint density at radius 3 is 3.18 bits per heavy atom. The van der Waals surface area contributed by atoms with Gasteiger partial charge in [0.1, 0.15) is 5.82 Å². The van der Waals surface area contributed by atoms with Crippen molar-refractivity contribution < 1.29 is 0 Å². The van der Waals surface area contributed by atoms with Crippen molar-refractivity contribution in [1.29, 1.82) is 0 Å². The molecule has 0 radical (unpaired) electrons. The fourth-order valence-electron chi connectivity index (χ4n) is 2.05. The molecule has 1 fully saturated rings. The number of anilines is 1. The topological polar surface area (TPSA) is 28.2 Å². The molecule has 0 bridgehead atoms. The Bertz CT molecular complexity index is 350. The molecule has 0 aromatic carbocycles. The van der Waals surface area contributed by atoms with Gasteiger partial charge in [0.15, 0.2) is 0 Å². The standard InChI is InChI=1S/C13H21N3S/c1-3-14-9-11-4-6-15-13(8-11)16(2)12-5-7-17-10-12/h4,6,8,12,14H,3,5,7,9-10H2,1-2H3. The molecule has 1 aliphatic heterocycles. The van der Waals surface area contributed by atoms with Crippen LogP contribution in [0.4, 0.5) is 5.82 Å². The minimum Gasteiger partial charge on any atom is -0.356 e. The largest absolute Gasteiger partial charge is 0.356 e. The van der Waals surface area contributed by atoms with Crippen LogP contribution >= 0.6 is 11.8 Å². The molecule has 1 N–H and O–H groups in total. The van der Waals surface area contributed by atoms with E-state index in [0.29, 0.717) is 6.04 Å². The van der Waals surface area contributed by atoms with Crippen molar-refractivity contribution in [2.24, 2.45) is 0 Å². The van der Waals surface area contributed by atoms with Gasteiger partial charge in [-0.2, -0.15) is 11.8 Å². The minimum absolute atomic E-state index is 0.655. The van der Waals surface area contributed by atoms with E-state index >= 15 is 0 Å². The zero-order valence-electron chi connectivity index (χ0n) is 10.6. The second-order valence-corrected chi connectivity index (χ2v) is 5.58. The fourth-order valence-corrected chi connectivity index (χ4v) is 3.32. The van der Waals surface area contributed by atoms with E-state index in [1.54, 1.807) is 0 Å². The van der Waals surface area contributed by atoms with Gasteiger partial charge in [-0.15, -0.1) is 0 Å². The minimum atomic E-state index is 0.655. The Morgan fingerprint density at radius 2 is 2.47 bits per heavy atom. The van der Waals surface area contributed by atoms with Crippen molar-refractivity contribution in [3.8, 4) is 0 Å². The first-order valence-corrected chi connectivity index (χ1v) is 7.43. The van der Waals surface area contributed by atoms with Crippen LogP contribution in [0.15, 0.2) is 18.3 Å². The van der Waals surface area contributed by atoms with Crippen LogP contribution in [0.1, 0.15) is 18.9 Å². The molecular weight excluding hydrogens is 230 g/mol. The number of aromatic nitrogens is 1. The molecule has 3 nitrogen and oxygen atoms in total. The first-order chi connectivity index (χ1) is 8.31. The molecule has 94 valence electrons. The van der Waals surface area contributed by atoms with E-state index in [1.165, 1.54) is 23.5 Å². The highest BCUT2D eigenvalue weighted by molar-refractivity contribution is 7.99. The molecule has 0 spiro atoms. The molecule has 1 unspecified atom stereocenters. The summed E-state index contributed by atoms with van der Waals surface area (Å²) >= 11 is 2.04. The zero-order chi connectivity index (χ0) is 12.1. The molecule has 0 aliphatic carbocycles. The summed E-state index contributed by atoms with van der Waals surface area (Å²) in [5.74, 6) is 3.62. The predicted octanol–water partition coefficient (Wildman–Crippen LogP) is 2.13. The molecule has 4 heteroatoms. The molecule has 0 amide bonds. The number of nitrogens with zero attached hydrogens (tertiary/aromatic N) is 2. The van der Waals surface area contributed by atoms with Gasteiger partial charge in [-0.25, -0.2) is 4.98 Å². The summed E-state index contributed by atoms with van der Waals surface area (Å²) < 4.78 is 0. The average molecular weight is 251 g/mol. The Labute approximate surface area is 108 Å². The van der Waals surface area contributed by atoms with Crippen molar-refractivity contribution in [3.05, 3.63) is 23.9 Å². The van der Waals surface area contributed by atoms with E-state index in [2.05, 4.69) is 41.3 Å². The van der Waals surface area contributed by atoms with E-state index in [4.69, 9.17) is 0 Å². The Morgan fingerprint density at radius 1 is 1.59 bits per heavy atom. The molecule has 0 saturated carbocycles. The molecule has 1 aliphatic rings. The van der Waals surface area contributed by atoms with Crippen LogP contribution in [0.5, 0.6) is 0 Å². The van der Waals surface area contributed by atoms with Crippen LogP contribution in [0.2, 0.25) is 0 Å². The van der Waals surface area contributed by atoms with Gasteiger partial charge in [-0.1, -0.05) is 6.92 Å². The van der Waals surface area contributed by atoms with E-state index < -0.39 is 0 Å². The molecule has 1 saturated heterocycles. The summed E-state index contributed by atoms with van der Waals surface area (Å²) in [4.78, 5) is 6.81. The fraction of sp³-hybridized carbons (Fsp3) is 0.615. The molecule has 1 atom stereocenters. The quantitative estimate of drug-likeness (QED) is 0.868. The maximum atomic E-state index is 4.48. The van der Waals surface area contributed by atoms with Gasteiger partial charge < -0.3 is 10.2 Å². The number of nitrogens with one attached hydrogen (secondary N) is 1. The smallest absolute Gasteiger partial charge is 0.128 e. The lowest BCUT2D eigenvalue weighted by atomic mass is 10.2. The normalized spacial score (nSPS) is 19.5. The number of hydrogen-bond acceptors (Lipinski definition) is 4. The Balaban J connectivity index is 2.03. The van der Waals surface area contributed by atoms with Gasteiger partial charge in [0.2, 0.25) is 0 Å². The maximum absolute atomic E-state index is 4.48. The molecule has 1 aromatic rings. The second kappa shape index (κ2) is 6.26. The van der Waals surface area contributed by atoms with Gasteiger partial charge in [-0.3, -0.25) is 0 Å². The van der Waals surface area contributed by atoms with Crippen LogP contribution in [0.25, 0.3) is 0 Å². The number of pyridine rings is 1. The van der Waals surface area contributed by atoms with Gasteiger partial charge in [0, 0.05) is 31.6 Å². The highest BCUT2D eigenvalue weighted by Gasteiger charge is 2.20. The van der Waals surface area contributed by atoms with Crippen molar-refractivity contribution >= 4 is 17.6 Å². The average Bonchev–Trinajstić information content (AvgIpc) is 2.89. The first kappa shape index (κ1) is 12.7. The summed E-state index contributed by atoms with van der Waals surface area (Å²) in [6, 6.07) is 4.94. The lowest BCUT2D eigenvalue weighted by Gasteiger charge is -2.25. The molecule has 2 rings (SSSR count). The molecule has 1 aromatic heterocycles. The van der Waals surface area contributed by atoms with Gasteiger partial charge in [0.05, 0.1) is 0 Å². The summed E-state index contributed by atoms with van der Waals surface area (Å²) in [6.45, 7) is 4.07. The van der Waals surface area contributed by atoms with E-state index in [1.807, 2.05) is 18.0 Å². The van der Waals surface area contributed by atoms with Crippen molar-refractivity contribution in [2.75, 3.05) is 30.0 Å². The van der Waals surface area contributed by atoms with Crippen LogP contribution in [-0.4, -0.2) is 36.1 Å². The van der Waals surface area contributed by atoms with Crippen LogP contribution in [0.3, 0.4) is 0 Å². The van der Waals surface area contributed by atoms with E-state index in [-0.39, 0.29) is 0 Å². The van der Waals surface area contributed by atoms with Crippen LogP contribution in [-0.2, 0) is 6.54 Å². The van der Waals surface area contributed by atoms with Gasteiger partial charge in [-0.05, 0) is 36.4 Å². The highest BCUT2D eigenvalue weighted by atomic mass is 32.2. The van der Waals surface area contributed by atoms with Gasteiger partial charge in [0.25, 0.3) is 0 Å². The molecule has 2 heterocycles. The monoisotopic (exact) mass is 251 g/mol. The lowest BCUT2D eigenvalue weighted by molar-refractivity contribution is 0.688. The van der Waals surface area contributed by atoms with E-state index in [9.17, 15) is 0 Å². The third kappa shape index (κ3) is 3.36. The van der Waals surface area contributed by atoms with Gasteiger partial charge >= 0.3 is 0 Å². The number of hydrogen-bond donors (Lipinski definition) is 1. The summed E-state index contributed by atoms with van der Waals surface area (Å²) in [5, 5.41) is 3.35. The van der Waals surface area contributed by atoms with Crippen LogP contribution in [0, 0.1) is 0 Å². The molecular formula is C13H21N3S. The third-order valence-electron chi connectivity index (χ3n) is 3.20. The Kier molecular flexibility index (Phi) is 4.68. The first-order valence-electron chi connectivity index (χ1n) is 6.27. The second-order valence-electron chi connectivity index (χ2n) is 4.43. The van der Waals surface area contributed by atoms with Crippen molar-refractivity contribution in [3.63, 3.8) is 0 Å². The summed E-state index contributed by atoms with van der Waals surface area (Å²) in [5.41, 5.74) is 1.31. The van der Waals surface area contributed by atoms with E-state index in [0.717, 1.165) is 18.9 Å².